The topological polar surface area (TPSA) is 58.1 Å². The Morgan fingerprint density at radius 1 is 1.20 bits per heavy atom. The maximum atomic E-state index is 5.43. The fourth-order valence-electron chi connectivity index (χ4n) is 3.17. The van der Waals surface area contributed by atoms with Gasteiger partial charge >= 0.3 is 0 Å². The first-order valence-corrected chi connectivity index (χ1v) is 9.37. The molecule has 0 amide bonds. The second kappa shape index (κ2) is 8.94. The third-order valence-electron chi connectivity index (χ3n) is 4.80. The monoisotopic (exact) mass is 346 g/mol. The molecule has 138 valence electrons. The molecule has 0 aliphatic carbocycles. The van der Waals surface area contributed by atoms with E-state index in [0.717, 1.165) is 48.6 Å². The maximum Gasteiger partial charge on any atom is 0.231 e. The molecule has 1 aromatic rings. The second-order valence-electron chi connectivity index (χ2n) is 6.83. The molecule has 1 saturated heterocycles. The van der Waals surface area contributed by atoms with Crippen LogP contribution in [-0.2, 0) is 6.54 Å². The summed E-state index contributed by atoms with van der Waals surface area (Å²) >= 11 is 0. The molecule has 2 N–H and O–H groups in total. The van der Waals surface area contributed by atoms with Crippen molar-refractivity contribution < 1.29 is 9.47 Å². The first-order chi connectivity index (χ1) is 12.2. The molecule has 0 spiro atoms. The highest BCUT2D eigenvalue weighted by molar-refractivity contribution is 5.79. The number of aliphatic imine (C=N–C) groups is 1. The van der Waals surface area contributed by atoms with Crippen LogP contribution in [0.1, 0.15) is 32.3 Å². The first-order valence-electron chi connectivity index (χ1n) is 9.37. The Bertz CT molecular complexity index is 583. The minimum absolute atomic E-state index is 0.307. The van der Waals surface area contributed by atoms with Crippen molar-refractivity contribution in [3.05, 3.63) is 23.8 Å². The zero-order valence-electron chi connectivity index (χ0n) is 15.4. The molecule has 0 radical (unpaired) electrons. The van der Waals surface area contributed by atoms with E-state index in [-0.39, 0.29) is 0 Å². The Morgan fingerprint density at radius 2 is 2.00 bits per heavy atom. The number of rotatable bonds is 6. The molecule has 0 atom stereocenters. The summed E-state index contributed by atoms with van der Waals surface area (Å²) in [6.07, 6.45) is 2.64. The second-order valence-corrected chi connectivity index (χ2v) is 6.83. The molecule has 0 unspecified atom stereocenters. The summed E-state index contributed by atoms with van der Waals surface area (Å²) in [7, 11) is 0. The van der Waals surface area contributed by atoms with Crippen molar-refractivity contribution in [2.75, 3.05) is 39.5 Å². The van der Waals surface area contributed by atoms with Crippen molar-refractivity contribution in [2.24, 2.45) is 10.9 Å². The van der Waals surface area contributed by atoms with Crippen molar-refractivity contribution in [3.8, 4) is 11.5 Å². The summed E-state index contributed by atoms with van der Waals surface area (Å²) in [5.74, 6) is 3.37. The van der Waals surface area contributed by atoms with Gasteiger partial charge in [-0.25, -0.2) is 4.99 Å². The van der Waals surface area contributed by atoms with E-state index in [9.17, 15) is 0 Å². The third-order valence-corrected chi connectivity index (χ3v) is 4.80. The Labute approximate surface area is 150 Å². The van der Waals surface area contributed by atoms with Crippen LogP contribution in [0.15, 0.2) is 23.2 Å². The molecule has 2 aliphatic rings. The number of piperidine rings is 1. The van der Waals surface area contributed by atoms with Crippen molar-refractivity contribution in [1.29, 1.82) is 0 Å². The third kappa shape index (κ3) is 5.26. The zero-order chi connectivity index (χ0) is 17.5. The van der Waals surface area contributed by atoms with Crippen LogP contribution in [0.25, 0.3) is 0 Å². The predicted molar refractivity (Wildman–Crippen MR) is 100 cm³/mol. The molecule has 6 heteroatoms. The van der Waals surface area contributed by atoms with Crippen LogP contribution in [0.4, 0.5) is 0 Å². The van der Waals surface area contributed by atoms with Crippen molar-refractivity contribution in [3.63, 3.8) is 0 Å². The Balaban J connectivity index is 1.47. The van der Waals surface area contributed by atoms with Gasteiger partial charge in [-0.2, -0.15) is 0 Å². The minimum atomic E-state index is 0.307. The van der Waals surface area contributed by atoms with Gasteiger partial charge in [-0.05, 0) is 56.5 Å². The molecule has 1 aromatic carbocycles. The van der Waals surface area contributed by atoms with Gasteiger partial charge in [0.05, 0.1) is 6.54 Å². The van der Waals surface area contributed by atoms with E-state index in [1.807, 2.05) is 18.2 Å². The van der Waals surface area contributed by atoms with Crippen molar-refractivity contribution >= 4 is 5.96 Å². The molecule has 1 fully saturated rings. The summed E-state index contributed by atoms with van der Waals surface area (Å²) in [5.41, 5.74) is 1.12. The Kier molecular flexibility index (Phi) is 6.39. The number of guanidine groups is 1. The highest BCUT2D eigenvalue weighted by atomic mass is 16.7. The molecule has 2 heterocycles. The van der Waals surface area contributed by atoms with E-state index in [1.54, 1.807) is 0 Å². The summed E-state index contributed by atoms with van der Waals surface area (Å²) in [5, 5.41) is 6.76. The summed E-state index contributed by atoms with van der Waals surface area (Å²) in [6.45, 7) is 10.6. The lowest BCUT2D eigenvalue weighted by atomic mass is 9.99. The number of hydrogen-bond donors (Lipinski definition) is 2. The van der Waals surface area contributed by atoms with Gasteiger partial charge in [-0.15, -0.1) is 0 Å². The van der Waals surface area contributed by atoms with Gasteiger partial charge in [0, 0.05) is 19.6 Å². The number of benzene rings is 1. The van der Waals surface area contributed by atoms with E-state index >= 15 is 0 Å². The van der Waals surface area contributed by atoms with E-state index in [0.29, 0.717) is 13.3 Å². The van der Waals surface area contributed by atoms with Gasteiger partial charge in [0.2, 0.25) is 6.79 Å². The highest BCUT2D eigenvalue weighted by Gasteiger charge is 2.15. The Hall–Kier alpha value is -1.95. The number of ether oxygens (including phenoxy) is 2. The summed E-state index contributed by atoms with van der Waals surface area (Å²) in [4.78, 5) is 7.22. The van der Waals surface area contributed by atoms with Crippen molar-refractivity contribution in [2.45, 2.75) is 33.2 Å². The Morgan fingerprint density at radius 3 is 2.80 bits per heavy atom. The number of nitrogens with one attached hydrogen (secondary N) is 2. The maximum absolute atomic E-state index is 5.43. The van der Waals surface area contributed by atoms with Gasteiger partial charge in [0.1, 0.15) is 0 Å². The first kappa shape index (κ1) is 17.9. The van der Waals surface area contributed by atoms with Crippen LogP contribution in [0.3, 0.4) is 0 Å². The van der Waals surface area contributed by atoms with Crippen LogP contribution in [0.2, 0.25) is 0 Å². The van der Waals surface area contributed by atoms with E-state index in [2.05, 4.69) is 34.4 Å². The lowest BCUT2D eigenvalue weighted by Gasteiger charge is -2.30. The molecule has 0 bridgehead atoms. The summed E-state index contributed by atoms with van der Waals surface area (Å²) < 4.78 is 10.8. The largest absolute Gasteiger partial charge is 0.454 e. The fourth-order valence-corrected chi connectivity index (χ4v) is 3.17. The number of fused-ring (bicyclic) bond motifs is 1. The number of hydrogen-bond acceptors (Lipinski definition) is 4. The average molecular weight is 346 g/mol. The lowest BCUT2D eigenvalue weighted by Crippen LogP contribution is -2.43. The SMILES string of the molecule is CCNC(=NCc1ccc2c(c1)OCO2)NCCN1CCC(C)CC1. The molecule has 0 saturated carbocycles. The molecule has 3 rings (SSSR count). The van der Waals surface area contributed by atoms with E-state index < -0.39 is 0 Å². The van der Waals surface area contributed by atoms with E-state index in [4.69, 9.17) is 9.47 Å². The zero-order valence-corrected chi connectivity index (χ0v) is 15.4. The molecule has 25 heavy (non-hydrogen) atoms. The molecular formula is C19H30N4O2. The number of likely N-dealkylation sites (tertiary alicyclic amines) is 1. The molecule has 6 nitrogen and oxygen atoms in total. The van der Waals surface area contributed by atoms with Crippen LogP contribution in [-0.4, -0.2) is 50.4 Å². The highest BCUT2D eigenvalue weighted by Crippen LogP contribution is 2.32. The van der Waals surface area contributed by atoms with Crippen LogP contribution >= 0.6 is 0 Å². The van der Waals surface area contributed by atoms with Crippen molar-refractivity contribution in [1.82, 2.24) is 15.5 Å². The van der Waals surface area contributed by atoms with Gasteiger partial charge in [0.15, 0.2) is 17.5 Å². The van der Waals surface area contributed by atoms with Gasteiger partial charge in [0.25, 0.3) is 0 Å². The normalized spacial score (nSPS) is 18.4. The predicted octanol–water partition coefficient (Wildman–Crippen LogP) is 2.20. The van der Waals surface area contributed by atoms with Gasteiger partial charge < -0.3 is 25.0 Å². The van der Waals surface area contributed by atoms with Gasteiger partial charge in [-0.1, -0.05) is 13.0 Å². The smallest absolute Gasteiger partial charge is 0.231 e. The summed E-state index contributed by atoms with van der Waals surface area (Å²) in [6, 6.07) is 5.99. The van der Waals surface area contributed by atoms with Crippen LogP contribution < -0.4 is 20.1 Å². The average Bonchev–Trinajstić information content (AvgIpc) is 3.09. The van der Waals surface area contributed by atoms with Gasteiger partial charge in [-0.3, -0.25) is 0 Å². The molecule has 0 aromatic heterocycles. The number of nitrogens with zero attached hydrogens (tertiary/aromatic N) is 2. The van der Waals surface area contributed by atoms with Crippen LogP contribution in [0.5, 0.6) is 11.5 Å². The van der Waals surface area contributed by atoms with E-state index in [1.165, 1.54) is 25.9 Å². The fraction of sp³-hybridized carbons (Fsp3) is 0.632. The quantitative estimate of drug-likeness (QED) is 0.611. The minimum Gasteiger partial charge on any atom is -0.454 e. The lowest BCUT2D eigenvalue weighted by molar-refractivity contribution is 0.174. The molecular weight excluding hydrogens is 316 g/mol. The van der Waals surface area contributed by atoms with Crippen LogP contribution in [0, 0.1) is 5.92 Å². The molecule has 2 aliphatic heterocycles. The standard InChI is InChI=1S/C19H30N4O2/c1-3-20-19(21-8-11-23-9-6-15(2)7-10-23)22-13-16-4-5-17-18(12-16)25-14-24-17/h4-5,12,15H,3,6-11,13-14H2,1-2H3,(H2,20,21,22).